The molecule has 22 heavy (non-hydrogen) atoms. The van der Waals surface area contributed by atoms with Gasteiger partial charge >= 0.3 is 0 Å². The Hall–Kier alpha value is -2.25. The number of rotatable bonds is 5. The highest BCUT2D eigenvalue weighted by molar-refractivity contribution is 8.07. The molecule has 3 rings (SSSR count). The standard InChI is InChI=1S/C21H18S/c1-4-10-18(11-5-1)16-21(20-14-8-3-9-15-20)22-17-19-12-6-2-7-13-19/h1-16H,17H2/b21-16+. The zero-order valence-corrected chi connectivity index (χ0v) is 13.2. The fourth-order valence-electron chi connectivity index (χ4n) is 2.25. The van der Waals surface area contributed by atoms with Crippen molar-refractivity contribution in [3.05, 3.63) is 108 Å². The SMILES string of the molecule is C(=C(\SCc1ccccc1)c1ccccc1)/c1ccccc1. The lowest BCUT2D eigenvalue weighted by Crippen LogP contribution is -1.84. The van der Waals surface area contributed by atoms with Crippen LogP contribution < -0.4 is 0 Å². The summed E-state index contributed by atoms with van der Waals surface area (Å²) in [6.07, 6.45) is 2.27. The third-order valence-corrected chi connectivity index (χ3v) is 4.54. The molecule has 0 spiro atoms. The lowest BCUT2D eigenvalue weighted by atomic mass is 10.1. The van der Waals surface area contributed by atoms with Crippen LogP contribution in [0.25, 0.3) is 11.0 Å². The number of thioether (sulfide) groups is 1. The largest absolute Gasteiger partial charge is 0.121 e. The van der Waals surface area contributed by atoms with Crippen LogP contribution in [0.1, 0.15) is 16.7 Å². The zero-order chi connectivity index (χ0) is 15.0. The molecule has 3 aromatic carbocycles. The Morgan fingerprint density at radius 3 is 1.86 bits per heavy atom. The summed E-state index contributed by atoms with van der Waals surface area (Å²) in [6, 6.07) is 31.7. The second-order valence-electron chi connectivity index (χ2n) is 5.06. The first-order chi connectivity index (χ1) is 10.9. The lowest BCUT2D eigenvalue weighted by molar-refractivity contribution is 1.42. The summed E-state index contributed by atoms with van der Waals surface area (Å²) in [7, 11) is 0. The Labute approximate surface area is 136 Å². The molecule has 0 aliphatic heterocycles. The molecule has 108 valence electrons. The van der Waals surface area contributed by atoms with Gasteiger partial charge in [-0.15, -0.1) is 11.8 Å². The molecule has 0 radical (unpaired) electrons. The minimum absolute atomic E-state index is 0.981. The highest BCUT2D eigenvalue weighted by atomic mass is 32.2. The summed E-state index contributed by atoms with van der Waals surface area (Å²) >= 11 is 1.88. The van der Waals surface area contributed by atoms with Gasteiger partial charge in [0.2, 0.25) is 0 Å². The lowest BCUT2D eigenvalue weighted by Gasteiger charge is -2.08. The van der Waals surface area contributed by atoms with Gasteiger partial charge in [-0.3, -0.25) is 0 Å². The molecule has 0 heterocycles. The Balaban J connectivity index is 1.85. The van der Waals surface area contributed by atoms with Gasteiger partial charge in [0.05, 0.1) is 0 Å². The molecular formula is C21H18S. The van der Waals surface area contributed by atoms with Gasteiger partial charge in [0, 0.05) is 10.7 Å². The fraction of sp³-hybridized carbons (Fsp3) is 0.0476. The summed E-state index contributed by atoms with van der Waals surface area (Å²) in [5.41, 5.74) is 3.86. The van der Waals surface area contributed by atoms with Gasteiger partial charge in [0.15, 0.2) is 0 Å². The van der Waals surface area contributed by atoms with Gasteiger partial charge in [-0.05, 0) is 22.8 Å². The monoisotopic (exact) mass is 302 g/mol. The molecular weight excluding hydrogens is 284 g/mol. The quantitative estimate of drug-likeness (QED) is 0.512. The number of hydrogen-bond acceptors (Lipinski definition) is 1. The first-order valence-electron chi connectivity index (χ1n) is 7.41. The summed E-state index contributed by atoms with van der Waals surface area (Å²) in [5, 5.41) is 0. The molecule has 0 unspecified atom stereocenters. The van der Waals surface area contributed by atoms with Crippen LogP contribution in [-0.2, 0) is 5.75 Å². The summed E-state index contributed by atoms with van der Waals surface area (Å²) in [4.78, 5) is 1.30. The van der Waals surface area contributed by atoms with Crippen LogP contribution in [0.3, 0.4) is 0 Å². The van der Waals surface area contributed by atoms with Crippen LogP contribution in [0, 0.1) is 0 Å². The van der Waals surface area contributed by atoms with E-state index in [-0.39, 0.29) is 0 Å². The van der Waals surface area contributed by atoms with E-state index >= 15 is 0 Å². The Kier molecular flexibility index (Phi) is 5.12. The van der Waals surface area contributed by atoms with Crippen LogP contribution in [0.5, 0.6) is 0 Å². The third kappa shape index (κ3) is 4.12. The highest BCUT2D eigenvalue weighted by Crippen LogP contribution is 2.32. The highest BCUT2D eigenvalue weighted by Gasteiger charge is 2.03. The van der Waals surface area contributed by atoms with Crippen molar-refractivity contribution in [1.29, 1.82) is 0 Å². The molecule has 0 fully saturated rings. The van der Waals surface area contributed by atoms with Gasteiger partial charge in [0.25, 0.3) is 0 Å². The minimum Gasteiger partial charge on any atom is -0.121 e. The van der Waals surface area contributed by atoms with E-state index in [0.29, 0.717) is 0 Å². The van der Waals surface area contributed by atoms with E-state index in [9.17, 15) is 0 Å². The van der Waals surface area contributed by atoms with Gasteiger partial charge < -0.3 is 0 Å². The molecule has 0 aliphatic rings. The van der Waals surface area contributed by atoms with Crippen molar-refractivity contribution < 1.29 is 0 Å². The maximum Gasteiger partial charge on any atom is 0.0232 e. The van der Waals surface area contributed by atoms with Crippen molar-refractivity contribution >= 4 is 22.7 Å². The second-order valence-corrected chi connectivity index (χ2v) is 6.08. The minimum atomic E-state index is 0.981. The van der Waals surface area contributed by atoms with Crippen molar-refractivity contribution in [2.24, 2.45) is 0 Å². The van der Waals surface area contributed by atoms with E-state index in [1.165, 1.54) is 21.6 Å². The average molecular weight is 302 g/mol. The molecule has 0 saturated carbocycles. The molecule has 0 atom stereocenters. The molecule has 0 bridgehead atoms. The normalized spacial score (nSPS) is 11.4. The molecule has 0 saturated heterocycles. The topological polar surface area (TPSA) is 0 Å². The Morgan fingerprint density at radius 1 is 0.682 bits per heavy atom. The van der Waals surface area contributed by atoms with Gasteiger partial charge in [-0.1, -0.05) is 91.0 Å². The summed E-state index contributed by atoms with van der Waals surface area (Å²) in [5.74, 6) is 0.981. The van der Waals surface area contributed by atoms with Gasteiger partial charge in [-0.2, -0.15) is 0 Å². The van der Waals surface area contributed by atoms with E-state index in [4.69, 9.17) is 0 Å². The molecule has 1 heteroatoms. The molecule has 0 amide bonds. The number of hydrogen-bond donors (Lipinski definition) is 0. The van der Waals surface area contributed by atoms with Crippen molar-refractivity contribution in [3.8, 4) is 0 Å². The summed E-state index contributed by atoms with van der Waals surface area (Å²) < 4.78 is 0. The Morgan fingerprint density at radius 2 is 1.23 bits per heavy atom. The van der Waals surface area contributed by atoms with Crippen molar-refractivity contribution in [1.82, 2.24) is 0 Å². The molecule has 0 nitrogen and oxygen atoms in total. The van der Waals surface area contributed by atoms with Crippen LogP contribution in [-0.4, -0.2) is 0 Å². The predicted molar refractivity (Wildman–Crippen MR) is 98.5 cm³/mol. The average Bonchev–Trinajstić information content (AvgIpc) is 2.61. The molecule has 0 aliphatic carbocycles. The molecule has 0 N–H and O–H groups in total. The zero-order valence-electron chi connectivity index (χ0n) is 12.4. The molecule has 0 aromatic heterocycles. The first kappa shape index (κ1) is 14.7. The van der Waals surface area contributed by atoms with Crippen molar-refractivity contribution in [2.45, 2.75) is 5.75 Å². The van der Waals surface area contributed by atoms with Crippen molar-refractivity contribution in [2.75, 3.05) is 0 Å². The first-order valence-corrected chi connectivity index (χ1v) is 8.39. The van der Waals surface area contributed by atoms with Crippen molar-refractivity contribution in [3.63, 3.8) is 0 Å². The van der Waals surface area contributed by atoms with Crippen LogP contribution in [0.2, 0.25) is 0 Å². The second kappa shape index (κ2) is 7.67. The maximum absolute atomic E-state index is 2.27. The van der Waals surface area contributed by atoms with E-state index in [0.717, 1.165) is 5.75 Å². The maximum atomic E-state index is 2.27. The third-order valence-electron chi connectivity index (χ3n) is 3.39. The van der Waals surface area contributed by atoms with Crippen LogP contribution >= 0.6 is 11.8 Å². The van der Waals surface area contributed by atoms with E-state index in [1.54, 1.807) is 0 Å². The predicted octanol–water partition coefficient (Wildman–Crippen LogP) is 6.12. The Bertz CT molecular complexity index is 716. The van der Waals surface area contributed by atoms with Gasteiger partial charge in [-0.25, -0.2) is 0 Å². The number of benzene rings is 3. The van der Waals surface area contributed by atoms with E-state index in [2.05, 4.69) is 97.1 Å². The van der Waals surface area contributed by atoms with E-state index < -0.39 is 0 Å². The molecule has 3 aromatic rings. The summed E-state index contributed by atoms with van der Waals surface area (Å²) in [6.45, 7) is 0. The van der Waals surface area contributed by atoms with E-state index in [1.807, 2.05) is 11.8 Å². The van der Waals surface area contributed by atoms with Gasteiger partial charge in [0.1, 0.15) is 0 Å². The van der Waals surface area contributed by atoms with Crippen LogP contribution in [0.4, 0.5) is 0 Å². The smallest absolute Gasteiger partial charge is 0.0232 e. The fourth-order valence-corrected chi connectivity index (χ4v) is 3.28. The van der Waals surface area contributed by atoms with Crippen LogP contribution in [0.15, 0.2) is 91.0 Å².